The van der Waals surface area contributed by atoms with Gasteiger partial charge in [0.15, 0.2) is 11.7 Å². The molecule has 1 aliphatic rings. The number of fused-ring (bicyclic) bond motifs is 1. The van der Waals surface area contributed by atoms with Crippen LogP contribution in [0.1, 0.15) is 40.1 Å². The number of carbonyl (C=O) groups excluding carboxylic acids is 1. The van der Waals surface area contributed by atoms with Gasteiger partial charge in [0.1, 0.15) is 5.82 Å². The van der Waals surface area contributed by atoms with Crippen molar-refractivity contribution in [2.45, 2.75) is 31.2 Å². The predicted molar refractivity (Wildman–Crippen MR) is 136 cm³/mol. The van der Waals surface area contributed by atoms with E-state index in [1.807, 2.05) is 48.5 Å². The first-order valence-electron chi connectivity index (χ1n) is 11.4. The second kappa shape index (κ2) is 9.81. The summed E-state index contributed by atoms with van der Waals surface area (Å²) in [6.07, 6.45) is -4.76. The topological polar surface area (TPSA) is 50.2 Å². The summed E-state index contributed by atoms with van der Waals surface area (Å²) in [6, 6.07) is 24.6. The molecule has 0 radical (unpaired) electrons. The Hall–Kier alpha value is -3.59. The van der Waals surface area contributed by atoms with Gasteiger partial charge < -0.3 is 10.2 Å². The molecule has 0 bridgehead atoms. The first kappa shape index (κ1) is 24.1. The number of alkyl halides is 3. The molecular formula is C27H22BrF3N4O. The molecule has 4 aromatic rings. The standard InChI is InChI=1S/C27H22BrF3N4O/c28-20-13-11-19(12-14-20)22-15-24(27(29,30)31)35-25(32-22)16-23(33-35)26(36)34(21-9-5-2-6-10-21)17-18-7-3-1-4-8-18/h1-14,16,22,24,32H,15,17H2/t22-,24+/m0/s1. The summed E-state index contributed by atoms with van der Waals surface area (Å²) in [5, 5.41) is 7.32. The van der Waals surface area contributed by atoms with Crippen molar-refractivity contribution in [1.82, 2.24) is 9.78 Å². The normalized spacial score (nSPS) is 17.2. The van der Waals surface area contributed by atoms with E-state index < -0.39 is 24.2 Å². The van der Waals surface area contributed by atoms with Gasteiger partial charge in [-0.2, -0.15) is 18.3 Å². The molecule has 9 heteroatoms. The monoisotopic (exact) mass is 554 g/mol. The largest absolute Gasteiger partial charge is 0.410 e. The highest BCUT2D eigenvalue weighted by Crippen LogP contribution is 2.44. The lowest BCUT2D eigenvalue weighted by Gasteiger charge is -2.33. The number of para-hydroxylation sites is 1. The second-order valence-electron chi connectivity index (χ2n) is 8.61. The molecule has 1 N–H and O–H groups in total. The zero-order valence-electron chi connectivity index (χ0n) is 19.0. The number of aromatic nitrogens is 2. The maximum atomic E-state index is 14.1. The molecule has 0 aliphatic carbocycles. The van der Waals surface area contributed by atoms with Gasteiger partial charge in [0, 0.05) is 22.6 Å². The number of hydrogen-bond donors (Lipinski definition) is 1. The van der Waals surface area contributed by atoms with Crippen molar-refractivity contribution in [2.24, 2.45) is 0 Å². The minimum atomic E-state index is -4.53. The van der Waals surface area contributed by atoms with Crippen molar-refractivity contribution in [2.75, 3.05) is 10.2 Å². The van der Waals surface area contributed by atoms with E-state index in [-0.39, 0.29) is 24.5 Å². The highest BCUT2D eigenvalue weighted by Gasteiger charge is 2.47. The summed E-state index contributed by atoms with van der Waals surface area (Å²) < 4.78 is 44.0. The summed E-state index contributed by atoms with van der Waals surface area (Å²) in [6.45, 7) is 0.253. The van der Waals surface area contributed by atoms with Crippen molar-refractivity contribution in [3.8, 4) is 0 Å². The Bertz CT molecular complexity index is 1340. The van der Waals surface area contributed by atoms with Crippen LogP contribution in [0.3, 0.4) is 0 Å². The number of nitrogens with zero attached hydrogens (tertiary/aromatic N) is 3. The first-order valence-corrected chi connectivity index (χ1v) is 12.2. The number of amides is 1. The van der Waals surface area contributed by atoms with E-state index >= 15 is 0 Å². The van der Waals surface area contributed by atoms with E-state index in [0.29, 0.717) is 5.69 Å². The van der Waals surface area contributed by atoms with Gasteiger partial charge in [-0.15, -0.1) is 0 Å². The Balaban J connectivity index is 1.51. The number of anilines is 2. The lowest BCUT2D eigenvalue weighted by atomic mass is 9.97. The van der Waals surface area contributed by atoms with Crippen LogP contribution in [-0.2, 0) is 6.54 Å². The molecule has 2 heterocycles. The van der Waals surface area contributed by atoms with Gasteiger partial charge in [-0.1, -0.05) is 76.6 Å². The van der Waals surface area contributed by atoms with Crippen LogP contribution in [0.25, 0.3) is 0 Å². The van der Waals surface area contributed by atoms with Crippen LogP contribution < -0.4 is 10.2 Å². The van der Waals surface area contributed by atoms with Crippen LogP contribution in [0.15, 0.2) is 95.5 Å². The molecule has 0 fully saturated rings. The molecule has 2 atom stereocenters. The molecule has 5 rings (SSSR count). The van der Waals surface area contributed by atoms with Crippen LogP contribution in [0.2, 0.25) is 0 Å². The third kappa shape index (κ3) is 5.02. The van der Waals surface area contributed by atoms with Crippen LogP contribution in [0, 0.1) is 0 Å². The summed E-state index contributed by atoms with van der Waals surface area (Å²) in [5.41, 5.74) is 2.19. The molecule has 1 amide bonds. The quantitative estimate of drug-likeness (QED) is 0.285. The molecule has 0 saturated heterocycles. The Labute approximate surface area is 214 Å². The van der Waals surface area contributed by atoms with Gasteiger partial charge in [0.05, 0.1) is 12.6 Å². The minimum absolute atomic E-state index is 0.0528. The lowest BCUT2D eigenvalue weighted by molar-refractivity contribution is -0.173. The van der Waals surface area contributed by atoms with E-state index in [0.717, 1.165) is 20.3 Å². The number of nitrogens with one attached hydrogen (secondary N) is 1. The maximum Gasteiger partial charge on any atom is 0.410 e. The van der Waals surface area contributed by atoms with Gasteiger partial charge >= 0.3 is 6.18 Å². The smallest absolute Gasteiger partial charge is 0.363 e. The van der Waals surface area contributed by atoms with Gasteiger partial charge in [0.2, 0.25) is 0 Å². The molecule has 0 saturated carbocycles. The highest BCUT2D eigenvalue weighted by molar-refractivity contribution is 9.10. The van der Waals surface area contributed by atoms with Crippen molar-refractivity contribution in [3.05, 3.63) is 112 Å². The highest BCUT2D eigenvalue weighted by atomic mass is 79.9. The molecular weight excluding hydrogens is 533 g/mol. The van der Waals surface area contributed by atoms with Gasteiger partial charge in [-0.3, -0.25) is 4.79 Å². The lowest BCUT2D eigenvalue weighted by Crippen LogP contribution is -2.36. The molecule has 184 valence electrons. The predicted octanol–water partition coefficient (Wildman–Crippen LogP) is 7.15. The maximum absolute atomic E-state index is 14.1. The van der Waals surface area contributed by atoms with Crippen molar-refractivity contribution in [1.29, 1.82) is 0 Å². The summed E-state index contributed by atoms with van der Waals surface area (Å²) in [4.78, 5) is 15.2. The van der Waals surface area contributed by atoms with Crippen molar-refractivity contribution in [3.63, 3.8) is 0 Å². The Morgan fingerprint density at radius 2 is 1.64 bits per heavy atom. The minimum Gasteiger partial charge on any atom is -0.363 e. The molecule has 5 nitrogen and oxygen atoms in total. The Morgan fingerprint density at radius 3 is 2.28 bits per heavy atom. The zero-order valence-corrected chi connectivity index (χ0v) is 20.6. The summed E-state index contributed by atoms with van der Waals surface area (Å²) >= 11 is 3.36. The van der Waals surface area contributed by atoms with Crippen molar-refractivity contribution < 1.29 is 18.0 Å². The number of benzene rings is 3. The molecule has 3 aromatic carbocycles. The van der Waals surface area contributed by atoms with Crippen LogP contribution in [0.5, 0.6) is 0 Å². The fourth-order valence-corrected chi connectivity index (χ4v) is 4.65. The van der Waals surface area contributed by atoms with Crippen molar-refractivity contribution >= 4 is 33.3 Å². The van der Waals surface area contributed by atoms with Gasteiger partial charge in [-0.25, -0.2) is 4.68 Å². The molecule has 36 heavy (non-hydrogen) atoms. The third-order valence-corrected chi connectivity index (χ3v) is 6.71. The average Bonchev–Trinajstić information content (AvgIpc) is 3.31. The van der Waals surface area contributed by atoms with E-state index in [9.17, 15) is 18.0 Å². The van der Waals surface area contributed by atoms with E-state index in [1.165, 1.54) is 11.0 Å². The second-order valence-corrected chi connectivity index (χ2v) is 9.53. The average molecular weight is 555 g/mol. The molecule has 0 unspecified atom stereocenters. The Morgan fingerprint density at radius 1 is 1.00 bits per heavy atom. The zero-order chi connectivity index (χ0) is 25.3. The Kier molecular flexibility index (Phi) is 6.57. The van der Waals surface area contributed by atoms with E-state index in [1.54, 1.807) is 36.4 Å². The van der Waals surface area contributed by atoms with E-state index in [4.69, 9.17) is 0 Å². The SMILES string of the molecule is O=C(c1cc2n(n1)[C@@H](C(F)(F)F)C[C@@H](c1ccc(Br)cc1)N2)N(Cc1ccccc1)c1ccccc1. The van der Waals surface area contributed by atoms with Crippen LogP contribution >= 0.6 is 15.9 Å². The fourth-order valence-electron chi connectivity index (χ4n) is 4.38. The fraction of sp³-hybridized carbons (Fsp3) is 0.185. The third-order valence-electron chi connectivity index (χ3n) is 6.18. The summed E-state index contributed by atoms with van der Waals surface area (Å²) in [5.74, 6) is -0.317. The summed E-state index contributed by atoms with van der Waals surface area (Å²) in [7, 11) is 0. The number of carbonyl (C=O) groups is 1. The molecule has 0 spiro atoms. The van der Waals surface area contributed by atoms with E-state index in [2.05, 4.69) is 26.3 Å². The number of hydrogen-bond acceptors (Lipinski definition) is 3. The van der Waals surface area contributed by atoms with Crippen LogP contribution in [-0.4, -0.2) is 21.9 Å². The number of rotatable bonds is 5. The first-order chi connectivity index (χ1) is 17.3. The molecule has 1 aromatic heterocycles. The van der Waals surface area contributed by atoms with Crippen LogP contribution in [0.4, 0.5) is 24.7 Å². The van der Waals surface area contributed by atoms with Gasteiger partial charge in [-0.05, 0) is 35.4 Å². The molecule has 1 aliphatic heterocycles. The number of halogens is 4. The van der Waals surface area contributed by atoms with Gasteiger partial charge in [0.25, 0.3) is 5.91 Å².